The zero-order chi connectivity index (χ0) is 10.3. The van der Waals surface area contributed by atoms with E-state index in [9.17, 15) is 4.79 Å². The Labute approximate surface area is 79.8 Å². The van der Waals surface area contributed by atoms with Gasteiger partial charge in [-0.3, -0.25) is 4.79 Å². The summed E-state index contributed by atoms with van der Waals surface area (Å²) in [6.45, 7) is 6.87. The lowest BCUT2D eigenvalue weighted by Gasteiger charge is -2.11. The van der Waals surface area contributed by atoms with Crippen molar-refractivity contribution in [2.45, 2.75) is 39.3 Å². The van der Waals surface area contributed by atoms with Crippen molar-refractivity contribution in [2.75, 3.05) is 13.2 Å². The van der Waals surface area contributed by atoms with Crippen LogP contribution in [-0.4, -0.2) is 31.2 Å². The first-order chi connectivity index (χ1) is 6.07. The molecular formula is C9H20N2O2. The highest BCUT2D eigenvalue weighted by Gasteiger charge is 2.09. The molecule has 78 valence electrons. The number of nitrogens with two attached hydrogens (primary N) is 1. The molecule has 0 saturated heterocycles. The molecule has 4 heteroatoms. The fourth-order valence-corrected chi connectivity index (χ4v) is 0.785. The number of carbonyl (C=O) groups is 1. The van der Waals surface area contributed by atoms with Crippen LogP contribution in [0.15, 0.2) is 0 Å². The molecule has 1 atom stereocenters. The predicted octanol–water partition coefficient (Wildman–Crippen LogP) is 0.265. The van der Waals surface area contributed by atoms with Crippen molar-refractivity contribution in [3.63, 3.8) is 0 Å². The highest BCUT2D eigenvalue weighted by molar-refractivity contribution is 5.81. The molecule has 4 nitrogen and oxygen atoms in total. The van der Waals surface area contributed by atoms with E-state index in [0.717, 1.165) is 0 Å². The van der Waals surface area contributed by atoms with Gasteiger partial charge >= 0.3 is 0 Å². The molecular weight excluding hydrogens is 168 g/mol. The van der Waals surface area contributed by atoms with E-state index in [1.54, 1.807) is 0 Å². The van der Waals surface area contributed by atoms with Crippen LogP contribution in [0.4, 0.5) is 0 Å². The Morgan fingerprint density at radius 3 is 2.62 bits per heavy atom. The molecule has 0 radical (unpaired) electrons. The summed E-state index contributed by atoms with van der Waals surface area (Å²) in [6.07, 6.45) is 0.869. The summed E-state index contributed by atoms with van der Waals surface area (Å²) in [5.74, 6) is -0.102. The van der Waals surface area contributed by atoms with E-state index < -0.39 is 0 Å². The van der Waals surface area contributed by atoms with Gasteiger partial charge in [0.15, 0.2) is 0 Å². The minimum absolute atomic E-state index is 0.102. The maximum absolute atomic E-state index is 11.1. The first-order valence-corrected chi connectivity index (χ1v) is 4.72. The van der Waals surface area contributed by atoms with Crippen molar-refractivity contribution in [3.8, 4) is 0 Å². The molecule has 0 rings (SSSR count). The third kappa shape index (κ3) is 6.54. The molecule has 0 aliphatic heterocycles. The van der Waals surface area contributed by atoms with Crippen LogP contribution in [0.25, 0.3) is 0 Å². The molecule has 0 spiro atoms. The van der Waals surface area contributed by atoms with Crippen molar-refractivity contribution in [2.24, 2.45) is 5.73 Å². The maximum Gasteiger partial charge on any atom is 0.236 e. The highest BCUT2D eigenvalue weighted by Crippen LogP contribution is 1.87. The Morgan fingerprint density at radius 2 is 2.15 bits per heavy atom. The zero-order valence-corrected chi connectivity index (χ0v) is 8.67. The van der Waals surface area contributed by atoms with E-state index in [2.05, 4.69) is 5.32 Å². The molecule has 13 heavy (non-hydrogen) atoms. The van der Waals surface area contributed by atoms with Gasteiger partial charge in [-0.05, 0) is 20.3 Å². The van der Waals surface area contributed by atoms with E-state index >= 15 is 0 Å². The van der Waals surface area contributed by atoms with Crippen LogP contribution in [0, 0.1) is 0 Å². The third-order valence-corrected chi connectivity index (χ3v) is 1.63. The van der Waals surface area contributed by atoms with Crippen molar-refractivity contribution in [1.29, 1.82) is 0 Å². The third-order valence-electron chi connectivity index (χ3n) is 1.63. The molecule has 0 aromatic carbocycles. The van der Waals surface area contributed by atoms with Gasteiger partial charge in [-0.1, -0.05) is 6.92 Å². The van der Waals surface area contributed by atoms with Crippen LogP contribution in [0.1, 0.15) is 27.2 Å². The number of amides is 1. The molecule has 0 heterocycles. The molecule has 1 amide bonds. The monoisotopic (exact) mass is 188 g/mol. The van der Waals surface area contributed by atoms with Gasteiger partial charge in [-0.15, -0.1) is 0 Å². The largest absolute Gasteiger partial charge is 0.377 e. The maximum atomic E-state index is 11.1. The minimum atomic E-state index is -0.390. The van der Waals surface area contributed by atoms with E-state index in [4.69, 9.17) is 10.5 Å². The summed E-state index contributed by atoms with van der Waals surface area (Å²) < 4.78 is 5.25. The Bertz CT molecular complexity index is 149. The van der Waals surface area contributed by atoms with Crippen molar-refractivity contribution < 1.29 is 9.53 Å². The van der Waals surface area contributed by atoms with Gasteiger partial charge in [0.2, 0.25) is 5.91 Å². The van der Waals surface area contributed by atoms with Crippen molar-refractivity contribution in [3.05, 3.63) is 0 Å². The van der Waals surface area contributed by atoms with Crippen LogP contribution in [0.5, 0.6) is 0 Å². The number of ether oxygens (including phenoxy) is 1. The molecule has 0 aliphatic carbocycles. The van der Waals surface area contributed by atoms with Gasteiger partial charge in [0.1, 0.15) is 0 Å². The smallest absolute Gasteiger partial charge is 0.236 e. The predicted molar refractivity (Wildman–Crippen MR) is 52.4 cm³/mol. The van der Waals surface area contributed by atoms with Gasteiger partial charge in [-0.25, -0.2) is 0 Å². The summed E-state index contributed by atoms with van der Waals surface area (Å²) in [5.41, 5.74) is 5.51. The summed E-state index contributed by atoms with van der Waals surface area (Å²) >= 11 is 0. The standard InChI is InChI=1S/C9H20N2O2/c1-4-8(10)9(12)11-5-6-13-7(2)3/h7-8H,4-6,10H2,1-3H3,(H,11,12). The first-order valence-electron chi connectivity index (χ1n) is 4.72. The quantitative estimate of drug-likeness (QED) is 0.588. The van der Waals surface area contributed by atoms with Gasteiger partial charge in [0.05, 0.1) is 18.8 Å². The topological polar surface area (TPSA) is 64.4 Å². The van der Waals surface area contributed by atoms with Crippen LogP contribution in [-0.2, 0) is 9.53 Å². The second kappa shape index (κ2) is 6.86. The Hall–Kier alpha value is -0.610. The van der Waals surface area contributed by atoms with Crippen molar-refractivity contribution >= 4 is 5.91 Å². The number of carbonyl (C=O) groups excluding carboxylic acids is 1. The number of rotatable bonds is 6. The summed E-state index contributed by atoms with van der Waals surface area (Å²) in [7, 11) is 0. The van der Waals surface area contributed by atoms with Crippen LogP contribution < -0.4 is 11.1 Å². The molecule has 0 saturated carbocycles. The second-order valence-electron chi connectivity index (χ2n) is 3.23. The van der Waals surface area contributed by atoms with E-state index in [1.807, 2.05) is 20.8 Å². The summed E-state index contributed by atoms with van der Waals surface area (Å²) in [6, 6.07) is -0.390. The molecule has 0 aromatic heterocycles. The van der Waals surface area contributed by atoms with E-state index in [1.165, 1.54) is 0 Å². The normalized spacial score (nSPS) is 13.0. The van der Waals surface area contributed by atoms with Crippen LogP contribution in [0.2, 0.25) is 0 Å². The molecule has 0 aliphatic rings. The minimum Gasteiger partial charge on any atom is -0.377 e. The molecule has 0 aromatic rings. The van der Waals surface area contributed by atoms with Crippen LogP contribution in [0.3, 0.4) is 0 Å². The number of hydrogen-bond acceptors (Lipinski definition) is 3. The Morgan fingerprint density at radius 1 is 1.54 bits per heavy atom. The van der Waals surface area contributed by atoms with Gasteiger partial charge in [0.25, 0.3) is 0 Å². The molecule has 0 fully saturated rings. The molecule has 0 bridgehead atoms. The Balaban J connectivity index is 3.37. The van der Waals surface area contributed by atoms with E-state index in [0.29, 0.717) is 19.6 Å². The van der Waals surface area contributed by atoms with Gasteiger partial charge in [0, 0.05) is 6.54 Å². The van der Waals surface area contributed by atoms with Gasteiger partial charge in [-0.2, -0.15) is 0 Å². The lowest BCUT2D eigenvalue weighted by atomic mass is 10.2. The fourth-order valence-electron chi connectivity index (χ4n) is 0.785. The lowest BCUT2D eigenvalue weighted by molar-refractivity contribution is -0.122. The zero-order valence-electron chi connectivity index (χ0n) is 8.67. The van der Waals surface area contributed by atoms with Gasteiger partial charge < -0.3 is 15.8 Å². The van der Waals surface area contributed by atoms with Crippen LogP contribution >= 0.6 is 0 Å². The average Bonchev–Trinajstić information content (AvgIpc) is 2.10. The van der Waals surface area contributed by atoms with E-state index in [-0.39, 0.29) is 18.1 Å². The Kier molecular flexibility index (Phi) is 6.54. The SMILES string of the molecule is CCC(N)C(=O)NCCOC(C)C. The highest BCUT2D eigenvalue weighted by atomic mass is 16.5. The lowest BCUT2D eigenvalue weighted by Crippen LogP contribution is -2.41. The summed E-state index contributed by atoms with van der Waals surface area (Å²) in [5, 5.41) is 2.70. The second-order valence-corrected chi connectivity index (χ2v) is 3.23. The average molecular weight is 188 g/mol. The molecule has 3 N–H and O–H groups in total. The first kappa shape index (κ1) is 12.4. The number of hydrogen-bond donors (Lipinski definition) is 2. The fraction of sp³-hybridized carbons (Fsp3) is 0.889. The number of nitrogens with one attached hydrogen (secondary N) is 1. The van der Waals surface area contributed by atoms with Crippen molar-refractivity contribution in [1.82, 2.24) is 5.32 Å². The molecule has 1 unspecified atom stereocenters. The summed E-state index contributed by atoms with van der Waals surface area (Å²) in [4.78, 5) is 11.1.